The molecular weight excluding hydrogens is 276 g/mol. The van der Waals surface area contributed by atoms with Gasteiger partial charge in [-0.1, -0.05) is 0 Å². The van der Waals surface area contributed by atoms with Crippen molar-refractivity contribution in [2.75, 3.05) is 70.6 Å². The Bertz CT molecular complexity index is 491. The van der Waals surface area contributed by atoms with E-state index < -0.39 is 0 Å². The molecule has 1 saturated heterocycles. The van der Waals surface area contributed by atoms with Crippen molar-refractivity contribution in [3.63, 3.8) is 0 Å². The highest BCUT2D eigenvalue weighted by Gasteiger charge is 2.44. The third-order valence-electron chi connectivity index (χ3n) is 4.85. The first-order chi connectivity index (χ1) is 10.6. The quantitative estimate of drug-likeness (QED) is 0.845. The number of likely N-dealkylation sites (N-methyl/N-ethyl adjacent to an activating group) is 1. The van der Waals surface area contributed by atoms with Gasteiger partial charge in [0.05, 0.1) is 0 Å². The Hall–Kier alpha value is -1.40. The number of piperazine rings is 1. The number of nitrogens with zero attached hydrogens (tertiary/aromatic N) is 5. The highest BCUT2D eigenvalue weighted by atomic mass is 15.3. The number of hydrogen-bond acceptors (Lipinski definition) is 6. The largest absolute Gasteiger partial charge is 0.366 e. The molecule has 2 heterocycles. The number of aromatic nitrogens is 2. The third-order valence-corrected chi connectivity index (χ3v) is 4.85. The Labute approximate surface area is 133 Å². The van der Waals surface area contributed by atoms with Crippen LogP contribution in [0.1, 0.15) is 12.8 Å². The standard InChI is InChI=1S/C16H28N6/c1-20(2)15-14(17-6-7-18-15)19-12-16(4-5-16)13-22-10-8-21(3)9-11-22/h6-7H,4-5,8-13H2,1-3H3,(H,17,19). The van der Waals surface area contributed by atoms with Crippen LogP contribution in [0, 0.1) is 5.41 Å². The van der Waals surface area contributed by atoms with Crippen LogP contribution in [0.15, 0.2) is 12.4 Å². The molecule has 0 amide bonds. The Kier molecular flexibility index (Phi) is 4.49. The molecule has 1 saturated carbocycles. The van der Waals surface area contributed by atoms with Crippen molar-refractivity contribution in [2.24, 2.45) is 5.41 Å². The van der Waals surface area contributed by atoms with E-state index in [0.29, 0.717) is 5.41 Å². The maximum atomic E-state index is 4.45. The molecule has 1 aromatic heterocycles. The number of nitrogens with one attached hydrogen (secondary N) is 1. The first kappa shape index (κ1) is 15.5. The van der Waals surface area contributed by atoms with Crippen LogP contribution < -0.4 is 10.2 Å². The lowest BCUT2D eigenvalue weighted by molar-refractivity contribution is 0.133. The first-order valence-electron chi connectivity index (χ1n) is 8.21. The molecule has 6 nitrogen and oxygen atoms in total. The van der Waals surface area contributed by atoms with E-state index in [1.54, 1.807) is 12.4 Å². The highest BCUT2D eigenvalue weighted by molar-refractivity contribution is 5.59. The molecule has 1 aromatic rings. The molecule has 22 heavy (non-hydrogen) atoms. The zero-order valence-electron chi connectivity index (χ0n) is 14.0. The number of rotatable bonds is 6. The van der Waals surface area contributed by atoms with Gasteiger partial charge in [0.25, 0.3) is 0 Å². The van der Waals surface area contributed by atoms with Gasteiger partial charge in [0.1, 0.15) is 0 Å². The second-order valence-electron chi connectivity index (χ2n) is 7.06. The van der Waals surface area contributed by atoms with E-state index in [4.69, 9.17) is 0 Å². The van der Waals surface area contributed by atoms with Gasteiger partial charge in [0, 0.05) is 71.2 Å². The SMILES string of the molecule is CN1CCN(CC2(CNc3nccnc3N(C)C)CC2)CC1. The average molecular weight is 304 g/mol. The normalized spacial score (nSPS) is 21.6. The molecule has 0 bridgehead atoms. The van der Waals surface area contributed by atoms with Crippen LogP contribution in [0.25, 0.3) is 0 Å². The van der Waals surface area contributed by atoms with Gasteiger partial charge in [-0.3, -0.25) is 0 Å². The fourth-order valence-electron chi connectivity index (χ4n) is 3.10. The lowest BCUT2D eigenvalue weighted by atomic mass is 10.1. The maximum absolute atomic E-state index is 4.45. The topological polar surface area (TPSA) is 47.5 Å². The molecule has 6 heteroatoms. The van der Waals surface area contributed by atoms with E-state index in [1.807, 2.05) is 19.0 Å². The van der Waals surface area contributed by atoms with Gasteiger partial charge >= 0.3 is 0 Å². The molecule has 0 unspecified atom stereocenters. The Morgan fingerprint density at radius 2 is 1.82 bits per heavy atom. The van der Waals surface area contributed by atoms with E-state index in [1.165, 1.54) is 45.6 Å². The van der Waals surface area contributed by atoms with Crippen LogP contribution in [0.5, 0.6) is 0 Å². The molecule has 3 rings (SSSR count). The average Bonchev–Trinajstić information content (AvgIpc) is 3.28. The molecule has 0 aromatic carbocycles. The molecule has 122 valence electrons. The molecule has 1 N–H and O–H groups in total. The fourth-order valence-corrected chi connectivity index (χ4v) is 3.10. The highest BCUT2D eigenvalue weighted by Crippen LogP contribution is 2.46. The summed E-state index contributed by atoms with van der Waals surface area (Å²) in [7, 11) is 6.22. The van der Waals surface area contributed by atoms with Crippen molar-refractivity contribution in [2.45, 2.75) is 12.8 Å². The van der Waals surface area contributed by atoms with Crippen LogP contribution in [0.2, 0.25) is 0 Å². The Morgan fingerprint density at radius 3 is 2.45 bits per heavy atom. The zero-order chi connectivity index (χ0) is 15.6. The van der Waals surface area contributed by atoms with E-state index in [9.17, 15) is 0 Å². The predicted molar refractivity (Wildman–Crippen MR) is 90.5 cm³/mol. The second-order valence-corrected chi connectivity index (χ2v) is 7.06. The summed E-state index contributed by atoms with van der Waals surface area (Å²) in [6, 6.07) is 0. The van der Waals surface area contributed by atoms with Crippen LogP contribution in [-0.4, -0.2) is 80.2 Å². The summed E-state index contributed by atoms with van der Waals surface area (Å²) in [4.78, 5) is 15.9. The van der Waals surface area contributed by atoms with Gasteiger partial charge in [-0.2, -0.15) is 0 Å². The van der Waals surface area contributed by atoms with Gasteiger partial charge in [-0.05, 0) is 19.9 Å². The summed E-state index contributed by atoms with van der Waals surface area (Å²) in [6.07, 6.45) is 6.15. The summed E-state index contributed by atoms with van der Waals surface area (Å²) in [6.45, 7) is 7.00. The van der Waals surface area contributed by atoms with Crippen molar-refractivity contribution in [1.29, 1.82) is 0 Å². The molecule has 2 fully saturated rings. The lowest BCUT2D eigenvalue weighted by Gasteiger charge is -2.35. The molecule has 0 spiro atoms. The summed E-state index contributed by atoms with van der Waals surface area (Å²) in [5.74, 6) is 1.81. The molecule has 2 aliphatic rings. The monoisotopic (exact) mass is 304 g/mol. The van der Waals surface area contributed by atoms with Gasteiger partial charge in [-0.15, -0.1) is 0 Å². The summed E-state index contributed by atoms with van der Waals surface area (Å²) in [5.41, 5.74) is 0.441. The van der Waals surface area contributed by atoms with Crippen LogP contribution >= 0.6 is 0 Å². The molecule has 0 radical (unpaired) electrons. The Balaban J connectivity index is 1.55. The van der Waals surface area contributed by atoms with Crippen molar-refractivity contribution < 1.29 is 0 Å². The van der Waals surface area contributed by atoms with Crippen LogP contribution in [0.3, 0.4) is 0 Å². The van der Waals surface area contributed by atoms with Crippen molar-refractivity contribution in [1.82, 2.24) is 19.8 Å². The molecule has 0 atom stereocenters. The summed E-state index contributed by atoms with van der Waals surface area (Å²) >= 11 is 0. The Morgan fingerprint density at radius 1 is 1.14 bits per heavy atom. The summed E-state index contributed by atoms with van der Waals surface area (Å²) in [5, 5.41) is 3.54. The predicted octanol–water partition coefficient (Wildman–Crippen LogP) is 0.982. The second kappa shape index (κ2) is 6.38. The molecule has 1 aliphatic heterocycles. The zero-order valence-corrected chi connectivity index (χ0v) is 14.0. The lowest BCUT2D eigenvalue weighted by Crippen LogP contribution is -2.47. The minimum absolute atomic E-state index is 0.441. The van der Waals surface area contributed by atoms with Crippen molar-refractivity contribution in [3.8, 4) is 0 Å². The van der Waals surface area contributed by atoms with E-state index >= 15 is 0 Å². The minimum Gasteiger partial charge on any atom is -0.366 e. The van der Waals surface area contributed by atoms with Gasteiger partial charge in [0.15, 0.2) is 11.6 Å². The van der Waals surface area contributed by atoms with E-state index in [0.717, 1.165) is 18.2 Å². The van der Waals surface area contributed by atoms with Crippen LogP contribution in [-0.2, 0) is 0 Å². The van der Waals surface area contributed by atoms with Gasteiger partial charge < -0.3 is 20.0 Å². The number of anilines is 2. The van der Waals surface area contributed by atoms with Crippen molar-refractivity contribution >= 4 is 11.6 Å². The van der Waals surface area contributed by atoms with E-state index in [-0.39, 0.29) is 0 Å². The first-order valence-corrected chi connectivity index (χ1v) is 8.21. The number of hydrogen-bond donors (Lipinski definition) is 1. The van der Waals surface area contributed by atoms with Crippen LogP contribution in [0.4, 0.5) is 11.6 Å². The smallest absolute Gasteiger partial charge is 0.171 e. The maximum Gasteiger partial charge on any atom is 0.171 e. The third kappa shape index (κ3) is 3.67. The minimum atomic E-state index is 0.441. The molecule has 1 aliphatic carbocycles. The van der Waals surface area contributed by atoms with Gasteiger partial charge in [0.2, 0.25) is 0 Å². The van der Waals surface area contributed by atoms with Crippen molar-refractivity contribution in [3.05, 3.63) is 12.4 Å². The van der Waals surface area contributed by atoms with E-state index in [2.05, 4.69) is 32.1 Å². The molecular formula is C16H28N6. The fraction of sp³-hybridized carbons (Fsp3) is 0.750. The van der Waals surface area contributed by atoms with Gasteiger partial charge in [-0.25, -0.2) is 9.97 Å². The summed E-state index contributed by atoms with van der Waals surface area (Å²) < 4.78 is 0.